The summed E-state index contributed by atoms with van der Waals surface area (Å²) >= 11 is 5.90. The van der Waals surface area contributed by atoms with E-state index in [0.717, 1.165) is 5.56 Å². The lowest BCUT2D eigenvalue weighted by atomic mass is 9.97. The van der Waals surface area contributed by atoms with Crippen LogP contribution in [0.5, 0.6) is 5.75 Å². The van der Waals surface area contributed by atoms with Gasteiger partial charge in [0.15, 0.2) is 0 Å². The fourth-order valence-corrected chi connectivity index (χ4v) is 2.45. The van der Waals surface area contributed by atoms with Gasteiger partial charge in [-0.2, -0.15) is 5.26 Å². The van der Waals surface area contributed by atoms with Crippen LogP contribution in [-0.2, 0) is 0 Å². The predicted molar refractivity (Wildman–Crippen MR) is 84.2 cm³/mol. The SMILES string of the molecule is COc1ccc2c(-c3ccc(Cl)cc3)c(C#N)c(=O)oc2c1. The number of rotatable bonds is 2. The number of hydrogen-bond acceptors (Lipinski definition) is 4. The van der Waals surface area contributed by atoms with Gasteiger partial charge in [-0.15, -0.1) is 0 Å². The van der Waals surface area contributed by atoms with Gasteiger partial charge in [-0.25, -0.2) is 4.79 Å². The molecule has 0 bridgehead atoms. The first-order valence-corrected chi connectivity index (χ1v) is 6.82. The molecule has 0 spiro atoms. The number of halogens is 1. The summed E-state index contributed by atoms with van der Waals surface area (Å²) in [6.45, 7) is 0. The summed E-state index contributed by atoms with van der Waals surface area (Å²) in [7, 11) is 1.53. The third-order valence-corrected chi connectivity index (χ3v) is 3.61. The highest BCUT2D eigenvalue weighted by Crippen LogP contribution is 2.32. The average Bonchev–Trinajstić information content (AvgIpc) is 2.54. The van der Waals surface area contributed by atoms with Crippen molar-refractivity contribution in [1.29, 1.82) is 5.26 Å². The molecule has 108 valence electrons. The summed E-state index contributed by atoms with van der Waals surface area (Å²) < 4.78 is 10.4. The summed E-state index contributed by atoms with van der Waals surface area (Å²) in [6.07, 6.45) is 0. The number of fused-ring (bicyclic) bond motifs is 1. The van der Waals surface area contributed by atoms with E-state index >= 15 is 0 Å². The van der Waals surface area contributed by atoms with Crippen molar-refractivity contribution < 1.29 is 9.15 Å². The Bertz CT molecular complexity index is 953. The second kappa shape index (κ2) is 5.55. The summed E-state index contributed by atoms with van der Waals surface area (Å²) in [4.78, 5) is 12.1. The normalized spacial score (nSPS) is 10.4. The molecule has 0 saturated heterocycles. The van der Waals surface area contributed by atoms with Crippen LogP contribution in [0.4, 0.5) is 0 Å². The quantitative estimate of drug-likeness (QED) is 0.671. The molecule has 0 unspecified atom stereocenters. The molecule has 0 fully saturated rings. The van der Waals surface area contributed by atoms with Gasteiger partial charge in [-0.1, -0.05) is 23.7 Å². The Morgan fingerprint density at radius 1 is 1.18 bits per heavy atom. The number of ether oxygens (including phenoxy) is 1. The second-order valence-corrected chi connectivity index (χ2v) is 5.06. The molecule has 0 N–H and O–H groups in total. The highest BCUT2D eigenvalue weighted by molar-refractivity contribution is 6.30. The van der Waals surface area contributed by atoms with Gasteiger partial charge in [0.2, 0.25) is 0 Å². The van der Waals surface area contributed by atoms with Crippen LogP contribution in [0.3, 0.4) is 0 Å². The Hall–Kier alpha value is -2.77. The largest absolute Gasteiger partial charge is 0.497 e. The van der Waals surface area contributed by atoms with Gasteiger partial charge >= 0.3 is 5.63 Å². The van der Waals surface area contributed by atoms with E-state index in [1.54, 1.807) is 42.5 Å². The maximum absolute atomic E-state index is 12.1. The molecule has 0 aliphatic heterocycles. The van der Waals surface area contributed by atoms with Crippen molar-refractivity contribution in [1.82, 2.24) is 0 Å². The Morgan fingerprint density at radius 2 is 1.91 bits per heavy atom. The monoisotopic (exact) mass is 311 g/mol. The highest BCUT2D eigenvalue weighted by atomic mass is 35.5. The smallest absolute Gasteiger partial charge is 0.354 e. The van der Waals surface area contributed by atoms with Crippen molar-refractivity contribution in [3.63, 3.8) is 0 Å². The summed E-state index contributed by atoms with van der Waals surface area (Å²) in [5, 5.41) is 10.6. The van der Waals surface area contributed by atoms with Gasteiger partial charge in [0, 0.05) is 22.0 Å². The number of benzene rings is 2. The van der Waals surface area contributed by atoms with E-state index in [0.29, 0.717) is 27.3 Å². The van der Waals surface area contributed by atoms with E-state index in [1.807, 2.05) is 6.07 Å². The molecule has 22 heavy (non-hydrogen) atoms. The van der Waals surface area contributed by atoms with Crippen molar-refractivity contribution >= 4 is 22.6 Å². The van der Waals surface area contributed by atoms with Crippen molar-refractivity contribution in [2.75, 3.05) is 7.11 Å². The van der Waals surface area contributed by atoms with Gasteiger partial charge in [-0.05, 0) is 29.8 Å². The molecular weight excluding hydrogens is 302 g/mol. The zero-order chi connectivity index (χ0) is 15.7. The minimum absolute atomic E-state index is 0.0278. The van der Waals surface area contributed by atoms with E-state index < -0.39 is 5.63 Å². The second-order valence-electron chi connectivity index (χ2n) is 4.62. The van der Waals surface area contributed by atoms with E-state index in [2.05, 4.69) is 0 Å². The van der Waals surface area contributed by atoms with Gasteiger partial charge in [0.1, 0.15) is 23.0 Å². The fraction of sp³-hybridized carbons (Fsp3) is 0.0588. The summed E-state index contributed by atoms with van der Waals surface area (Å²) in [5.74, 6) is 0.572. The lowest BCUT2D eigenvalue weighted by molar-refractivity contribution is 0.414. The Morgan fingerprint density at radius 3 is 2.55 bits per heavy atom. The standard InChI is InChI=1S/C17H10ClNO3/c1-21-12-6-7-13-15(8-12)22-17(20)14(9-19)16(13)10-2-4-11(18)5-3-10/h2-8H,1H3. The molecule has 1 heterocycles. The molecule has 5 heteroatoms. The Kier molecular flexibility index (Phi) is 3.58. The zero-order valence-electron chi connectivity index (χ0n) is 11.6. The number of methoxy groups -OCH3 is 1. The van der Waals surface area contributed by atoms with Crippen LogP contribution in [0, 0.1) is 11.3 Å². The molecular formula is C17H10ClNO3. The summed E-state index contributed by atoms with van der Waals surface area (Å²) in [6, 6.07) is 14.0. The Balaban J connectivity index is 2.42. The summed E-state index contributed by atoms with van der Waals surface area (Å²) in [5.41, 5.74) is 0.929. The van der Waals surface area contributed by atoms with Crippen LogP contribution < -0.4 is 10.4 Å². The molecule has 0 saturated carbocycles. The Labute approximate surface area is 131 Å². The number of nitrogens with zero attached hydrogens (tertiary/aromatic N) is 1. The van der Waals surface area contributed by atoms with Gasteiger partial charge in [-0.3, -0.25) is 0 Å². The first-order chi connectivity index (χ1) is 10.6. The molecule has 4 nitrogen and oxygen atoms in total. The third-order valence-electron chi connectivity index (χ3n) is 3.36. The van der Waals surface area contributed by atoms with E-state index in [4.69, 9.17) is 20.8 Å². The number of nitriles is 1. The molecule has 1 aromatic heterocycles. The molecule has 0 aliphatic rings. The van der Waals surface area contributed by atoms with Crippen LogP contribution in [0.15, 0.2) is 51.7 Å². The maximum atomic E-state index is 12.1. The molecule has 3 aromatic rings. The van der Waals surface area contributed by atoms with Gasteiger partial charge in [0.05, 0.1) is 7.11 Å². The first-order valence-electron chi connectivity index (χ1n) is 6.45. The maximum Gasteiger partial charge on any atom is 0.354 e. The first kappa shape index (κ1) is 14.2. The van der Waals surface area contributed by atoms with E-state index in [9.17, 15) is 10.1 Å². The van der Waals surface area contributed by atoms with Gasteiger partial charge in [0.25, 0.3) is 0 Å². The minimum Gasteiger partial charge on any atom is -0.497 e. The lowest BCUT2D eigenvalue weighted by Gasteiger charge is -2.09. The van der Waals surface area contributed by atoms with Gasteiger partial charge < -0.3 is 9.15 Å². The van der Waals surface area contributed by atoms with E-state index in [-0.39, 0.29) is 5.56 Å². The zero-order valence-corrected chi connectivity index (χ0v) is 12.3. The third kappa shape index (κ3) is 2.32. The fourth-order valence-electron chi connectivity index (χ4n) is 2.33. The molecule has 3 rings (SSSR count). The lowest BCUT2D eigenvalue weighted by Crippen LogP contribution is -2.06. The van der Waals surface area contributed by atoms with Crippen molar-refractivity contribution in [3.05, 3.63) is 63.5 Å². The van der Waals surface area contributed by atoms with Crippen molar-refractivity contribution in [3.8, 4) is 22.9 Å². The van der Waals surface area contributed by atoms with Crippen LogP contribution in [0.25, 0.3) is 22.1 Å². The average molecular weight is 312 g/mol. The van der Waals surface area contributed by atoms with Crippen LogP contribution in [0.2, 0.25) is 5.02 Å². The van der Waals surface area contributed by atoms with Crippen LogP contribution in [0.1, 0.15) is 5.56 Å². The molecule has 0 amide bonds. The van der Waals surface area contributed by atoms with Crippen LogP contribution >= 0.6 is 11.6 Å². The molecule has 0 aliphatic carbocycles. The van der Waals surface area contributed by atoms with Crippen molar-refractivity contribution in [2.45, 2.75) is 0 Å². The molecule has 0 atom stereocenters. The highest BCUT2D eigenvalue weighted by Gasteiger charge is 2.16. The molecule has 2 aromatic carbocycles. The topological polar surface area (TPSA) is 63.2 Å². The number of hydrogen-bond donors (Lipinski definition) is 0. The molecule has 0 radical (unpaired) electrons. The van der Waals surface area contributed by atoms with E-state index in [1.165, 1.54) is 7.11 Å². The van der Waals surface area contributed by atoms with Crippen LogP contribution in [-0.4, -0.2) is 7.11 Å². The predicted octanol–water partition coefficient (Wildman–Crippen LogP) is 3.99. The van der Waals surface area contributed by atoms with Crippen molar-refractivity contribution in [2.24, 2.45) is 0 Å². The minimum atomic E-state index is -0.673.